The largest absolute Gasteiger partial charge is 0.382 e. The third kappa shape index (κ3) is 5.85. The maximum absolute atomic E-state index is 11.5. The lowest BCUT2D eigenvalue weighted by molar-refractivity contribution is -0.100. The molecule has 0 saturated carbocycles. The minimum Gasteiger partial charge on any atom is -0.382 e. The van der Waals surface area contributed by atoms with Crippen molar-refractivity contribution in [3.05, 3.63) is 11.6 Å². The van der Waals surface area contributed by atoms with Crippen LogP contribution in [0.1, 0.15) is 25.0 Å². The predicted octanol–water partition coefficient (Wildman–Crippen LogP) is 2.21. The van der Waals surface area contributed by atoms with Gasteiger partial charge in [-0.15, -0.1) is 23.1 Å². The highest BCUT2D eigenvalue weighted by Crippen LogP contribution is 2.38. The second-order valence-corrected chi connectivity index (χ2v) is 8.06. The summed E-state index contributed by atoms with van der Waals surface area (Å²) in [5.74, 6) is 0. The Morgan fingerprint density at radius 1 is 1.43 bits per heavy atom. The highest BCUT2D eigenvalue weighted by molar-refractivity contribution is 8.01. The monoisotopic (exact) mass is 355 g/mol. The third-order valence-electron chi connectivity index (χ3n) is 2.67. The van der Waals surface area contributed by atoms with Crippen LogP contribution in [0.2, 0.25) is 0 Å². The topological polar surface area (TPSA) is 87.8 Å². The van der Waals surface area contributed by atoms with E-state index in [-0.39, 0.29) is 17.1 Å². The smallest absolute Gasteiger partial charge is 0.247 e. The number of thioether (sulfide) groups is 1. The molecule has 0 spiro atoms. The van der Waals surface area contributed by atoms with Gasteiger partial charge in [-0.2, -0.15) is 0 Å². The molecule has 1 rings (SSSR count). The molecule has 0 aliphatic heterocycles. The van der Waals surface area contributed by atoms with E-state index in [2.05, 4.69) is 0 Å². The molecular weight excluding hydrogens is 334 g/mol. The summed E-state index contributed by atoms with van der Waals surface area (Å²) in [5.41, 5.74) is 0.842. The maximum atomic E-state index is 11.5. The molecule has 9 heteroatoms. The molecule has 1 aromatic heterocycles. The molecule has 0 saturated heterocycles. The van der Waals surface area contributed by atoms with Crippen LogP contribution >= 0.6 is 23.1 Å². The quantitative estimate of drug-likeness (QED) is 0.393. The van der Waals surface area contributed by atoms with Crippen LogP contribution in [0.3, 0.4) is 0 Å². The van der Waals surface area contributed by atoms with Gasteiger partial charge in [0.25, 0.3) is 0 Å². The van der Waals surface area contributed by atoms with Crippen LogP contribution in [-0.4, -0.2) is 41.8 Å². The molecule has 0 amide bonds. The van der Waals surface area contributed by atoms with E-state index in [0.29, 0.717) is 19.6 Å². The van der Waals surface area contributed by atoms with Gasteiger partial charge in [0.1, 0.15) is 11.0 Å². The molecule has 0 aromatic carbocycles. The number of nitrogens with two attached hydrogens (primary N) is 1. The molecule has 0 aliphatic rings. The highest BCUT2D eigenvalue weighted by atomic mass is 32.3. The number of thiophene rings is 1. The minimum atomic E-state index is -3.69. The van der Waals surface area contributed by atoms with Gasteiger partial charge >= 0.3 is 0 Å². The van der Waals surface area contributed by atoms with Crippen molar-refractivity contribution in [3.8, 4) is 0 Å². The lowest BCUT2D eigenvalue weighted by Crippen LogP contribution is -2.11. The van der Waals surface area contributed by atoms with Crippen LogP contribution in [0.4, 0.5) is 0 Å². The van der Waals surface area contributed by atoms with Gasteiger partial charge in [0, 0.05) is 12.7 Å². The Morgan fingerprint density at radius 2 is 2.14 bits per heavy atom. The highest BCUT2D eigenvalue weighted by Gasteiger charge is 2.22. The molecule has 1 atom stereocenters. The average Bonchev–Trinajstić information content (AvgIpc) is 2.87. The normalized spacial score (nSPS) is 13.5. The lowest BCUT2D eigenvalue weighted by atomic mass is 10.1. The summed E-state index contributed by atoms with van der Waals surface area (Å²) in [6, 6.07) is 1.59. The van der Waals surface area contributed by atoms with Gasteiger partial charge in [-0.05, 0) is 18.7 Å². The van der Waals surface area contributed by atoms with E-state index in [9.17, 15) is 8.42 Å². The number of rotatable bonds is 10. The van der Waals surface area contributed by atoms with Crippen molar-refractivity contribution in [2.45, 2.75) is 27.9 Å². The van der Waals surface area contributed by atoms with Crippen LogP contribution in [-0.2, 0) is 24.2 Å². The van der Waals surface area contributed by atoms with Gasteiger partial charge in [0.15, 0.2) is 0 Å². The van der Waals surface area contributed by atoms with Crippen LogP contribution < -0.4 is 5.14 Å². The Hall–Kier alpha value is -0.160. The molecule has 2 N–H and O–H groups in total. The molecule has 122 valence electrons. The maximum Gasteiger partial charge on any atom is 0.247 e. The fourth-order valence-corrected chi connectivity index (χ4v) is 4.52. The Labute approximate surface area is 134 Å². The molecule has 1 aromatic rings. The van der Waals surface area contributed by atoms with Gasteiger partial charge in [-0.3, -0.25) is 0 Å². The molecule has 1 unspecified atom stereocenters. The number of hydrogen-bond acceptors (Lipinski definition) is 7. The molecule has 0 bridgehead atoms. The average molecular weight is 356 g/mol. The first-order valence-corrected chi connectivity index (χ1v) is 9.91. The zero-order chi connectivity index (χ0) is 15.9. The van der Waals surface area contributed by atoms with Crippen molar-refractivity contribution in [2.75, 3.05) is 33.4 Å². The summed E-state index contributed by atoms with van der Waals surface area (Å²) in [6.07, 6.45) is 2.38. The second kappa shape index (κ2) is 9.09. The molecule has 0 radical (unpaired) electrons. The second-order valence-electron chi connectivity index (χ2n) is 4.14. The molecular formula is C12H21NO5S3. The summed E-state index contributed by atoms with van der Waals surface area (Å²) in [4.78, 5) is 0. The van der Waals surface area contributed by atoms with Gasteiger partial charge in [-0.1, -0.05) is 6.92 Å². The summed E-state index contributed by atoms with van der Waals surface area (Å²) < 4.78 is 39.8. The fourth-order valence-electron chi connectivity index (χ4n) is 1.65. The zero-order valence-electron chi connectivity index (χ0n) is 12.3. The molecule has 21 heavy (non-hydrogen) atoms. The number of sulfonamides is 1. The fraction of sp³-hybridized carbons (Fsp3) is 0.667. The first-order chi connectivity index (χ1) is 9.93. The lowest BCUT2D eigenvalue weighted by Gasteiger charge is -2.16. The van der Waals surface area contributed by atoms with Crippen LogP contribution in [0.25, 0.3) is 0 Å². The van der Waals surface area contributed by atoms with Crippen LogP contribution in [0.15, 0.2) is 14.5 Å². The molecule has 0 aliphatic carbocycles. The van der Waals surface area contributed by atoms with E-state index >= 15 is 0 Å². The van der Waals surface area contributed by atoms with Gasteiger partial charge in [0.05, 0.1) is 23.5 Å². The van der Waals surface area contributed by atoms with Crippen LogP contribution in [0.5, 0.6) is 0 Å². The van der Waals surface area contributed by atoms with E-state index in [1.165, 1.54) is 23.1 Å². The molecule has 0 fully saturated rings. The Morgan fingerprint density at radius 3 is 2.67 bits per heavy atom. The summed E-state index contributed by atoms with van der Waals surface area (Å²) in [6.45, 7) is 3.06. The summed E-state index contributed by atoms with van der Waals surface area (Å²) >= 11 is 2.65. The summed E-state index contributed by atoms with van der Waals surface area (Å²) in [5, 5.41) is 5.18. The van der Waals surface area contributed by atoms with E-state index < -0.39 is 10.0 Å². The van der Waals surface area contributed by atoms with Gasteiger partial charge < -0.3 is 14.2 Å². The third-order valence-corrected chi connectivity index (χ3v) is 6.39. The Bertz CT molecular complexity index is 529. The zero-order valence-corrected chi connectivity index (χ0v) is 14.8. The number of hydrogen-bond donors (Lipinski definition) is 1. The number of ether oxygens (including phenoxy) is 3. The predicted molar refractivity (Wildman–Crippen MR) is 84.3 cm³/mol. The minimum absolute atomic E-state index is 0.135. The van der Waals surface area contributed by atoms with Crippen molar-refractivity contribution < 1.29 is 22.6 Å². The van der Waals surface area contributed by atoms with Crippen LogP contribution in [0, 0.1) is 0 Å². The molecule has 6 nitrogen and oxygen atoms in total. The number of primary sulfonamides is 1. The van der Waals surface area contributed by atoms with Crippen molar-refractivity contribution in [1.82, 2.24) is 0 Å². The van der Waals surface area contributed by atoms with Gasteiger partial charge in [-0.25, -0.2) is 13.6 Å². The Balaban J connectivity index is 2.77. The first kappa shape index (κ1) is 18.9. The summed E-state index contributed by atoms with van der Waals surface area (Å²) in [7, 11) is -2.09. The first-order valence-electron chi connectivity index (χ1n) is 6.32. The van der Waals surface area contributed by atoms with Gasteiger partial charge in [0.2, 0.25) is 10.0 Å². The van der Waals surface area contributed by atoms with E-state index in [0.717, 1.165) is 9.77 Å². The standard InChI is InChI=1S/C12H21NO5S3/c1-4-10(18-8-17-6-5-16-2)9-7-11(21(13,14)15)20-12(9)19-3/h7,10H,4-6,8H2,1-3H3,(H2,13,14,15). The SMILES string of the molecule is CCC(OCOCCOC)c1cc(S(N)(=O)=O)sc1SC. The van der Waals surface area contributed by atoms with E-state index in [4.69, 9.17) is 19.3 Å². The van der Waals surface area contributed by atoms with Crippen molar-refractivity contribution >= 4 is 33.1 Å². The van der Waals surface area contributed by atoms with Crippen molar-refractivity contribution in [1.29, 1.82) is 0 Å². The molecule has 1 heterocycles. The van der Waals surface area contributed by atoms with E-state index in [1.54, 1.807) is 13.2 Å². The van der Waals surface area contributed by atoms with Crippen molar-refractivity contribution in [2.24, 2.45) is 5.14 Å². The number of methoxy groups -OCH3 is 1. The van der Waals surface area contributed by atoms with E-state index in [1.807, 2.05) is 13.2 Å². The van der Waals surface area contributed by atoms with Crippen molar-refractivity contribution in [3.63, 3.8) is 0 Å². The Kier molecular flexibility index (Phi) is 8.17.